The van der Waals surface area contributed by atoms with Crippen molar-refractivity contribution in [2.24, 2.45) is 0 Å². The fourth-order valence-electron chi connectivity index (χ4n) is 1.82. The number of hydrogen-bond acceptors (Lipinski definition) is 2. The van der Waals surface area contributed by atoms with Crippen LogP contribution >= 0.6 is 0 Å². The molecule has 0 spiro atoms. The standard InChI is InChI=1S/C11H13NO2/c1-8-4-2-3-5-9(8)12-7-6-10(12)11(13)14/h2-5,10H,6-7H2,1H3,(H,13,14). The van der Waals surface area contributed by atoms with Crippen molar-refractivity contribution in [2.45, 2.75) is 19.4 Å². The minimum absolute atomic E-state index is 0.323. The van der Waals surface area contributed by atoms with Crippen LogP contribution in [0.4, 0.5) is 5.69 Å². The molecule has 1 aromatic carbocycles. The molecule has 0 amide bonds. The molecule has 1 saturated heterocycles. The Morgan fingerprint density at radius 2 is 2.21 bits per heavy atom. The molecule has 1 aromatic rings. The van der Waals surface area contributed by atoms with Gasteiger partial charge in [0.05, 0.1) is 0 Å². The Labute approximate surface area is 83.0 Å². The third kappa shape index (κ3) is 1.35. The van der Waals surface area contributed by atoms with Crippen molar-refractivity contribution in [3.8, 4) is 0 Å². The second-order valence-electron chi connectivity index (χ2n) is 3.62. The summed E-state index contributed by atoms with van der Waals surface area (Å²) in [6.07, 6.45) is 0.754. The predicted octanol–water partition coefficient (Wildman–Crippen LogP) is 1.66. The molecule has 0 saturated carbocycles. The number of aryl methyl sites for hydroxylation is 1. The van der Waals surface area contributed by atoms with Crippen molar-refractivity contribution >= 4 is 11.7 Å². The second-order valence-corrected chi connectivity index (χ2v) is 3.62. The van der Waals surface area contributed by atoms with E-state index in [1.165, 1.54) is 0 Å². The van der Waals surface area contributed by atoms with Crippen LogP contribution in [0, 0.1) is 6.92 Å². The molecule has 2 rings (SSSR count). The van der Waals surface area contributed by atoms with Crippen LogP contribution in [0.15, 0.2) is 24.3 Å². The van der Waals surface area contributed by atoms with Crippen molar-refractivity contribution in [2.75, 3.05) is 11.4 Å². The van der Waals surface area contributed by atoms with Crippen molar-refractivity contribution in [1.82, 2.24) is 0 Å². The molecule has 1 aliphatic rings. The van der Waals surface area contributed by atoms with Gasteiger partial charge in [-0.2, -0.15) is 0 Å². The van der Waals surface area contributed by atoms with Crippen LogP contribution in [-0.2, 0) is 4.79 Å². The molecule has 1 aliphatic heterocycles. The lowest BCUT2D eigenvalue weighted by Crippen LogP contribution is -2.52. The normalized spacial score (nSPS) is 20.4. The summed E-state index contributed by atoms with van der Waals surface area (Å²) in [5.74, 6) is -0.723. The van der Waals surface area contributed by atoms with E-state index < -0.39 is 5.97 Å². The highest BCUT2D eigenvalue weighted by Gasteiger charge is 2.34. The number of rotatable bonds is 2. The molecule has 1 heterocycles. The van der Waals surface area contributed by atoms with Gasteiger partial charge in [-0.3, -0.25) is 0 Å². The zero-order valence-electron chi connectivity index (χ0n) is 8.10. The Bertz CT molecular complexity index is 362. The fraction of sp³-hybridized carbons (Fsp3) is 0.364. The lowest BCUT2D eigenvalue weighted by Gasteiger charge is -2.40. The maximum absolute atomic E-state index is 10.8. The molecule has 0 bridgehead atoms. The Morgan fingerprint density at radius 3 is 2.71 bits per heavy atom. The van der Waals surface area contributed by atoms with E-state index in [4.69, 9.17) is 5.11 Å². The van der Waals surface area contributed by atoms with Gasteiger partial charge < -0.3 is 10.0 Å². The van der Waals surface area contributed by atoms with Gasteiger partial charge in [0.25, 0.3) is 0 Å². The summed E-state index contributed by atoms with van der Waals surface area (Å²) in [6, 6.07) is 7.57. The van der Waals surface area contributed by atoms with E-state index >= 15 is 0 Å². The Kier molecular flexibility index (Phi) is 2.15. The fourth-order valence-corrected chi connectivity index (χ4v) is 1.82. The first-order valence-corrected chi connectivity index (χ1v) is 4.75. The molecule has 74 valence electrons. The lowest BCUT2D eigenvalue weighted by molar-refractivity contribution is -0.139. The van der Waals surface area contributed by atoms with Gasteiger partial charge in [0.2, 0.25) is 0 Å². The maximum Gasteiger partial charge on any atom is 0.326 e. The number of carboxylic acids is 1. The van der Waals surface area contributed by atoms with E-state index in [0.717, 1.165) is 24.2 Å². The zero-order valence-corrected chi connectivity index (χ0v) is 8.10. The van der Waals surface area contributed by atoms with Crippen LogP contribution < -0.4 is 4.90 Å². The summed E-state index contributed by atoms with van der Waals surface area (Å²) in [7, 11) is 0. The van der Waals surface area contributed by atoms with Crippen LogP contribution in [0.1, 0.15) is 12.0 Å². The molecular formula is C11H13NO2. The summed E-state index contributed by atoms with van der Waals surface area (Å²) in [5.41, 5.74) is 2.18. The number of anilines is 1. The SMILES string of the molecule is Cc1ccccc1N1CCC1C(=O)O. The van der Waals surface area contributed by atoms with Crippen molar-refractivity contribution < 1.29 is 9.90 Å². The van der Waals surface area contributed by atoms with Crippen molar-refractivity contribution in [3.05, 3.63) is 29.8 Å². The van der Waals surface area contributed by atoms with Crippen LogP contribution in [0.25, 0.3) is 0 Å². The van der Waals surface area contributed by atoms with Crippen LogP contribution in [0.5, 0.6) is 0 Å². The first-order valence-electron chi connectivity index (χ1n) is 4.75. The molecule has 1 N–H and O–H groups in total. The highest BCUT2D eigenvalue weighted by atomic mass is 16.4. The Hall–Kier alpha value is -1.51. The quantitative estimate of drug-likeness (QED) is 0.772. The molecule has 0 aliphatic carbocycles. The number of carboxylic acid groups (broad SMARTS) is 1. The van der Waals surface area contributed by atoms with Gasteiger partial charge in [0.15, 0.2) is 0 Å². The molecule has 1 atom stereocenters. The molecule has 14 heavy (non-hydrogen) atoms. The topological polar surface area (TPSA) is 40.5 Å². The Morgan fingerprint density at radius 1 is 1.50 bits per heavy atom. The largest absolute Gasteiger partial charge is 0.480 e. The molecule has 0 aromatic heterocycles. The molecule has 1 unspecified atom stereocenters. The smallest absolute Gasteiger partial charge is 0.326 e. The number of hydrogen-bond donors (Lipinski definition) is 1. The third-order valence-electron chi connectivity index (χ3n) is 2.73. The first-order chi connectivity index (χ1) is 6.70. The number of para-hydroxylation sites is 1. The molecule has 0 radical (unpaired) electrons. The predicted molar refractivity (Wildman–Crippen MR) is 54.6 cm³/mol. The van der Waals surface area contributed by atoms with Gasteiger partial charge in [0, 0.05) is 12.2 Å². The third-order valence-corrected chi connectivity index (χ3v) is 2.73. The van der Waals surface area contributed by atoms with E-state index in [1.54, 1.807) is 0 Å². The van der Waals surface area contributed by atoms with Gasteiger partial charge in [0.1, 0.15) is 6.04 Å². The second kappa shape index (κ2) is 3.33. The number of carbonyl (C=O) groups is 1. The maximum atomic E-state index is 10.8. The van der Waals surface area contributed by atoms with E-state index in [9.17, 15) is 4.79 Å². The summed E-state index contributed by atoms with van der Waals surface area (Å²) in [5, 5.41) is 8.91. The van der Waals surface area contributed by atoms with Crippen LogP contribution in [-0.4, -0.2) is 23.7 Å². The van der Waals surface area contributed by atoms with Gasteiger partial charge in [-0.05, 0) is 25.0 Å². The lowest BCUT2D eigenvalue weighted by atomic mass is 10.0. The molecular weight excluding hydrogens is 178 g/mol. The van der Waals surface area contributed by atoms with E-state index in [-0.39, 0.29) is 6.04 Å². The van der Waals surface area contributed by atoms with Crippen molar-refractivity contribution in [3.63, 3.8) is 0 Å². The number of aliphatic carboxylic acids is 1. The van der Waals surface area contributed by atoms with Gasteiger partial charge in [-0.1, -0.05) is 18.2 Å². The van der Waals surface area contributed by atoms with Crippen molar-refractivity contribution in [1.29, 1.82) is 0 Å². The minimum Gasteiger partial charge on any atom is -0.480 e. The first kappa shape index (κ1) is 9.06. The summed E-state index contributed by atoms with van der Waals surface area (Å²) in [4.78, 5) is 12.8. The van der Waals surface area contributed by atoms with E-state index in [0.29, 0.717) is 0 Å². The van der Waals surface area contributed by atoms with Crippen LogP contribution in [0.3, 0.4) is 0 Å². The number of nitrogens with zero attached hydrogens (tertiary/aromatic N) is 1. The zero-order chi connectivity index (χ0) is 10.1. The average molecular weight is 191 g/mol. The monoisotopic (exact) mass is 191 g/mol. The van der Waals surface area contributed by atoms with Gasteiger partial charge >= 0.3 is 5.97 Å². The van der Waals surface area contributed by atoms with Gasteiger partial charge in [-0.15, -0.1) is 0 Å². The Balaban J connectivity index is 2.24. The van der Waals surface area contributed by atoms with E-state index in [1.807, 2.05) is 36.1 Å². The summed E-state index contributed by atoms with van der Waals surface area (Å²) >= 11 is 0. The minimum atomic E-state index is -0.723. The highest BCUT2D eigenvalue weighted by Crippen LogP contribution is 2.28. The highest BCUT2D eigenvalue weighted by molar-refractivity contribution is 5.80. The molecule has 3 heteroatoms. The van der Waals surface area contributed by atoms with Crippen LogP contribution in [0.2, 0.25) is 0 Å². The number of benzene rings is 1. The molecule has 3 nitrogen and oxygen atoms in total. The molecule has 1 fully saturated rings. The average Bonchev–Trinajstić information content (AvgIpc) is 2.05. The van der Waals surface area contributed by atoms with Gasteiger partial charge in [-0.25, -0.2) is 4.79 Å². The van der Waals surface area contributed by atoms with E-state index in [2.05, 4.69) is 0 Å². The summed E-state index contributed by atoms with van der Waals surface area (Å²) in [6.45, 7) is 2.86. The summed E-state index contributed by atoms with van der Waals surface area (Å²) < 4.78 is 0.